The Hall–Kier alpha value is -2.97. The van der Waals surface area contributed by atoms with Gasteiger partial charge in [0.2, 0.25) is 5.91 Å². The first kappa shape index (κ1) is 22.2. The summed E-state index contributed by atoms with van der Waals surface area (Å²) < 4.78 is 19.4. The number of aliphatic hydroxyl groups is 1. The van der Waals surface area contributed by atoms with Gasteiger partial charge in [0, 0.05) is 24.7 Å². The number of likely N-dealkylation sites (tertiary alicyclic amines) is 1. The molecule has 3 aliphatic carbocycles. The molecule has 2 heterocycles. The van der Waals surface area contributed by atoms with Gasteiger partial charge in [-0.1, -0.05) is 18.2 Å². The highest BCUT2D eigenvalue weighted by Crippen LogP contribution is 2.65. The molecule has 3 fully saturated rings. The lowest BCUT2D eigenvalue weighted by Gasteiger charge is -2.63. The highest BCUT2D eigenvalue weighted by atomic mass is 19.1. The molecule has 0 radical (unpaired) electrons. The molecule has 2 bridgehead atoms. The van der Waals surface area contributed by atoms with Crippen molar-refractivity contribution < 1.29 is 28.9 Å². The third-order valence-corrected chi connectivity index (χ3v) is 9.33. The average Bonchev–Trinajstić information content (AvgIpc) is 3.60. The normalized spacial score (nSPS) is 34.2. The number of aromatic hydroxyl groups is 1. The van der Waals surface area contributed by atoms with E-state index in [1.165, 1.54) is 25.0 Å². The Morgan fingerprint density at radius 2 is 1.97 bits per heavy atom. The number of rotatable bonds is 5. The van der Waals surface area contributed by atoms with E-state index in [0.717, 1.165) is 24.2 Å². The summed E-state index contributed by atoms with van der Waals surface area (Å²) in [6.45, 7) is 1.80. The molecule has 7 rings (SSSR count). The van der Waals surface area contributed by atoms with Crippen LogP contribution in [0, 0.1) is 17.7 Å². The van der Waals surface area contributed by atoms with E-state index < -0.39 is 28.9 Å². The first-order valence-electron chi connectivity index (χ1n) is 12.9. The van der Waals surface area contributed by atoms with E-state index in [-0.39, 0.29) is 42.1 Å². The molecule has 1 amide bonds. The number of carbonyl (C=O) groups is 2. The second-order valence-electron chi connectivity index (χ2n) is 11.3. The van der Waals surface area contributed by atoms with Gasteiger partial charge in [-0.3, -0.25) is 14.5 Å². The summed E-state index contributed by atoms with van der Waals surface area (Å²) in [6.07, 6.45) is 2.50. The Labute approximate surface area is 208 Å². The summed E-state index contributed by atoms with van der Waals surface area (Å²) in [7, 11) is 0. The maximum absolute atomic E-state index is 13.8. The summed E-state index contributed by atoms with van der Waals surface area (Å²) in [5.74, 6) is -1.37. The Bertz CT molecular complexity index is 1280. The first-order valence-corrected chi connectivity index (χ1v) is 12.9. The van der Waals surface area contributed by atoms with Gasteiger partial charge in [-0.05, 0) is 73.9 Å². The molecule has 2 aromatic carbocycles. The zero-order valence-corrected chi connectivity index (χ0v) is 19.9. The molecule has 5 atom stereocenters. The number of ketones is 1. The molecule has 2 aromatic rings. The second-order valence-corrected chi connectivity index (χ2v) is 11.3. The smallest absolute Gasteiger partial charge is 0.231 e. The van der Waals surface area contributed by atoms with Gasteiger partial charge < -0.3 is 20.3 Å². The molecule has 36 heavy (non-hydrogen) atoms. The number of nitrogens with one attached hydrogen (secondary N) is 1. The van der Waals surface area contributed by atoms with Crippen molar-refractivity contribution in [1.82, 2.24) is 10.2 Å². The fourth-order valence-electron chi connectivity index (χ4n) is 7.44. The number of phenols is 1. The van der Waals surface area contributed by atoms with E-state index in [2.05, 4.69) is 10.2 Å². The zero-order valence-electron chi connectivity index (χ0n) is 19.9. The third kappa shape index (κ3) is 2.91. The quantitative estimate of drug-likeness (QED) is 0.554. The van der Waals surface area contributed by atoms with Gasteiger partial charge in [0.25, 0.3) is 0 Å². The minimum atomic E-state index is -1.34. The van der Waals surface area contributed by atoms with E-state index in [0.29, 0.717) is 24.3 Å². The van der Waals surface area contributed by atoms with Gasteiger partial charge in [0.05, 0.1) is 11.0 Å². The van der Waals surface area contributed by atoms with Crippen molar-refractivity contribution >= 4 is 11.7 Å². The van der Waals surface area contributed by atoms with E-state index in [9.17, 15) is 24.2 Å². The highest BCUT2D eigenvalue weighted by Gasteiger charge is 2.75. The Kier molecular flexibility index (Phi) is 4.65. The molecule has 2 saturated carbocycles. The second kappa shape index (κ2) is 7.52. The number of amides is 1. The van der Waals surface area contributed by atoms with Crippen LogP contribution in [0.5, 0.6) is 11.5 Å². The number of ether oxygens (including phenoxy) is 1. The fourth-order valence-corrected chi connectivity index (χ4v) is 7.44. The number of hydrogen-bond acceptors (Lipinski definition) is 6. The van der Waals surface area contributed by atoms with Gasteiger partial charge in [-0.2, -0.15) is 0 Å². The van der Waals surface area contributed by atoms with Crippen molar-refractivity contribution in [3.05, 3.63) is 58.9 Å². The van der Waals surface area contributed by atoms with Crippen molar-refractivity contribution in [2.24, 2.45) is 11.8 Å². The summed E-state index contributed by atoms with van der Waals surface area (Å²) in [4.78, 5) is 29.5. The predicted octanol–water partition coefficient (Wildman–Crippen LogP) is 2.21. The van der Waals surface area contributed by atoms with Gasteiger partial charge in [0.15, 0.2) is 23.4 Å². The van der Waals surface area contributed by atoms with Gasteiger partial charge in [-0.15, -0.1) is 0 Å². The van der Waals surface area contributed by atoms with Crippen LogP contribution in [0.25, 0.3) is 0 Å². The Morgan fingerprint density at radius 3 is 2.72 bits per heavy atom. The van der Waals surface area contributed by atoms with Gasteiger partial charge in [-0.25, -0.2) is 4.39 Å². The van der Waals surface area contributed by atoms with Crippen molar-refractivity contribution in [2.75, 3.05) is 13.1 Å². The van der Waals surface area contributed by atoms with E-state index in [4.69, 9.17) is 4.74 Å². The molecule has 1 unspecified atom stereocenters. The van der Waals surface area contributed by atoms with Crippen LogP contribution < -0.4 is 10.1 Å². The summed E-state index contributed by atoms with van der Waals surface area (Å²) >= 11 is 0. The minimum absolute atomic E-state index is 0.0152. The zero-order chi connectivity index (χ0) is 24.8. The largest absolute Gasteiger partial charge is 0.504 e. The molecular weight excluding hydrogens is 463 g/mol. The van der Waals surface area contributed by atoms with E-state index >= 15 is 0 Å². The number of nitrogens with zero attached hydrogens (tertiary/aromatic N) is 1. The number of benzene rings is 2. The molecule has 1 saturated heterocycles. The van der Waals surface area contributed by atoms with Crippen LogP contribution in [0.2, 0.25) is 0 Å². The summed E-state index contributed by atoms with van der Waals surface area (Å²) in [5, 5.41) is 26.0. The van der Waals surface area contributed by atoms with Crippen LogP contribution in [0.15, 0.2) is 36.4 Å². The maximum atomic E-state index is 13.8. The molecule has 8 heteroatoms. The highest BCUT2D eigenvalue weighted by molar-refractivity contribution is 6.06. The lowest BCUT2D eigenvalue weighted by Crippen LogP contribution is -2.78. The standard InChI is InChI=1S/C28H29FN2O5/c29-18-6-3-15(4-7-18)13-30-26(34)19-12-28(35)21-11-17-5-8-20(32)24-22(17)27(28,25(36-24)23(19)33)9-10-31(21)14-16-1-2-16/h3-8,16,19,21,25,32,35H,1-2,9-14H2,(H,30,34)/t19?,21-,25+,27+,28-/m1/s1. The molecule has 1 spiro atoms. The maximum Gasteiger partial charge on any atom is 0.231 e. The van der Waals surface area contributed by atoms with E-state index in [1.54, 1.807) is 18.2 Å². The van der Waals surface area contributed by atoms with Crippen molar-refractivity contribution in [3.8, 4) is 11.5 Å². The Morgan fingerprint density at radius 1 is 1.19 bits per heavy atom. The van der Waals surface area contributed by atoms with E-state index in [1.807, 2.05) is 6.07 Å². The number of hydrogen-bond donors (Lipinski definition) is 3. The van der Waals surface area contributed by atoms with Crippen molar-refractivity contribution in [2.45, 2.75) is 61.8 Å². The lowest BCUT2D eigenvalue weighted by molar-refractivity contribution is -0.198. The molecule has 7 nitrogen and oxygen atoms in total. The van der Waals surface area contributed by atoms with Crippen LogP contribution in [0.1, 0.15) is 42.4 Å². The van der Waals surface area contributed by atoms with Gasteiger partial charge in [0.1, 0.15) is 11.7 Å². The van der Waals surface area contributed by atoms with Gasteiger partial charge >= 0.3 is 0 Å². The van der Waals surface area contributed by atoms with Crippen molar-refractivity contribution in [3.63, 3.8) is 0 Å². The molecule has 188 valence electrons. The molecule has 2 aliphatic heterocycles. The predicted molar refractivity (Wildman–Crippen MR) is 127 cm³/mol. The average molecular weight is 493 g/mol. The number of halogens is 1. The number of carbonyl (C=O) groups excluding carboxylic acids is 2. The lowest BCUT2D eigenvalue weighted by atomic mass is 9.47. The Balaban J connectivity index is 1.26. The van der Waals surface area contributed by atoms with Crippen LogP contribution in [0.4, 0.5) is 4.39 Å². The fraction of sp³-hybridized carbons (Fsp3) is 0.500. The first-order chi connectivity index (χ1) is 17.3. The number of piperidine rings is 1. The molecule has 5 aliphatic rings. The van der Waals surface area contributed by atoms with Crippen LogP contribution in [-0.4, -0.2) is 57.6 Å². The molecular formula is C28H29FN2O5. The van der Waals surface area contributed by atoms with Crippen LogP contribution >= 0.6 is 0 Å². The van der Waals surface area contributed by atoms with Crippen LogP contribution in [0.3, 0.4) is 0 Å². The monoisotopic (exact) mass is 492 g/mol. The topological polar surface area (TPSA) is 99.1 Å². The SMILES string of the molecule is O=C(NCc1ccc(F)cc1)C1C[C@@]2(O)[C@H]3Cc4ccc(O)c5c4[C@@]2(CCN3CC2CC2)[C@@H](O5)C1=O. The third-order valence-electron chi connectivity index (χ3n) is 9.33. The molecule has 3 N–H and O–H groups in total. The summed E-state index contributed by atoms with van der Waals surface area (Å²) in [6, 6.07) is 9.08. The van der Waals surface area contributed by atoms with Crippen molar-refractivity contribution in [1.29, 1.82) is 0 Å². The number of Topliss-reactive ketones (excluding diaryl/α,β-unsaturated/α-hetero) is 1. The molecule has 0 aromatic heterocycles. The number of phenolic OH excluding ortho intramolecular Hbond substituents is 1. The summed E-state index contributed by atoms with van der Waals surface area (Å²) in [5.41, 5.74) is 0.170. The minimum Gasteiger partial charge on any atom is -0.504 e. The van der Waals surface area contributed by atoms with Crippen LogP contribution in [-0.2, 0) is 28.0 Å².